The zero-order valence-electron chi connectivity index (χ0n) is 17.7. The van der Waals surface area contributed by atoms with Gasteiger partial charge in [-0.15, -0.1) is 0 Å². The number of aryl methyl sites for hydroxylation is 1. The van der Waals surface area contributed by atoms with E-state index in [0.717, 1.165) is 22.6 Å². The van der Waals surface area contributed by atoms with Crippen molar-refractivity contribution in [3.05, 3.63) is 70.8 Å². The summed E-state index contributed by atoms with van der Waals surface area (Å²) in [5, 5.41) is 0. The molecule has 29 heavy (non-hydrogen) atoms. The van der Waals surface area contributed by atoms with Crippen molar-refractivity contribution >= 4 is 5.78 Å². The lowest BCUT2D eigenvalue weighted by molar-refractivity contribution is -0.123. The van der Waals surface area contributed by atoms with Crippen molar-refractivity contribution in [2.24, 2.45) is 0 Å². The average molecular weight is 392 g/mol. The topological polar surface area (TPSA) is 38.8 Å². The number of rotatable bonds is 4. The van der Waals surface area contributed by atoms with E-state index >= 15 is 0 Å². The summed E-state index contributed by atoms with van der Waals surface area (Å²) in [4.78, 5) is 14.6. The van der Waals surface area contributed by atoms with Crippen molar-refractivity contribution in [3.8, 4) is 11.5 Å². The first-order chi connectivity index (χ1) is 13.8. The molecule has 0 saturated heterocycles. The van der Waals surface area contributed by atoms with Gasteiger partial charge >= 0.3 is 0 Å². The van der Waals surface area contributed by atoms with Crippen LogP contribution in [-0.2, 0) is 17.8 Å². The predicted molar refractivity (Wildman–Crippen MR) is 114 cm³/mol. The molecule has 0 spiro atoms. The van der Waals surface area contributed by atoms with Crippen LogP contribution in [0.5, 0.6) is 11.5 Å². The SMILES string of the molecule is C=C(C)C(C)N1Cc2cc3c(cc2CC1C(C)=O)OCC(c1ccc(C)cc1)O3. The Morgan fingerprint density at radius 3 is 2.48 bits per heavy atom. The van der Waals surface area contributed by atoms with Gasteiger partial charge in [0, 0.05) is 12.6 Å². The molecule has 2 aromatic carbocycles. The Morgan fingerprint density at radius 1 is 1.14 bits per heavy atom. The molecule has 0 fully saturated rings. The fourth-order valence-electron chi connectivity index (χ4n) is 4.18. The molecule has 3 unspecified atom stereocenters. The summed E-state index contributed by atoms with van der Waals surface area (Å²) in [7, 11) is 0. The maximum atomic E-state index is 12.3. The first-order valence-corrected chi connectivity index (χ1v) is 10.3. The third kappa shape index (κ3) is 3.82. The van der Waals surface area contributed by atoms with Crippen LogP contribution in [-0.4, -0.2) is 29.4 Å². The smallest absolute Gasteiger partial charge is 0.162 e. The van der Waals surface area contributed by atoms with Crippen LogP contribution in [0.1, 0.15) is 49.1 Å². The van der Waals surface area contributed by atoms with E-state index in [9.17, 15) is 4.79 Å². The standard InChI is InChI=1S/C25H29NO3/c1-15(2)17(4)26-13-21-12-24-23(11-20(21)10-22(26)18(5)27)28-14-25(29-24)19-8-6-16(3)7-9-19/h6-9,11-12,17,22,25H,1,10,13-14H2,2-5H3. The van der Waals surface area contributed by atoms with Gasteiger partial charge in [-0.3, -0.25) is 9.69 Å². The number of carbonyl (C=O) groups excluding carboxylic acids is 1. The second-order valence-corrected chi connectivity index (χ2v) is 8.42. The highest BCUT2D eigenvalue weighted by Crippen LogP contribution is 2.41. The maximum absolute atomic E-state index is 12.3. The minimum absolute atomic E-state index is 0.111. The van der Waals surface area contributed by atoms with E-state index in [2.05, 4.69) is 61.7 Å². The van der Waals surface area contributed by atoms with Gasteiger partial charge in [-0.05, 0) is 62.9 Å². The molecule has 3 atom stereocenters. The van der Waals surface area contributed by atoms with E-state index in [4.69, 9.17) is 9.47 Å². The van der Waals surface area contributed by atoms with Crippen LogP contribution in [0.15, 0.2) is 48.6 Å². The van der Waals surface area contributed by atoms with Crippen LogP contribution < -0.4 is 9.47 Å². The molecule has 2 aromatic rings. The molecular formula is C25H29NO3. The molecule has 4 nitrogen and oxygen atoms in total. The number of carbonyl (C=O) groups is 1. The molecule has 0 radical (unpaired) electrons. The number of hydrogen-bond acceptors (Lipinski definition) is 4. The van der Waals surface area contributed by atoms with E-state index in [-0.39, 0.29) is 24.0 Å². The molecule has 0 aliphatic carbocycles. The third-order valence-electron chi connectivity index (χ3n) is 6.22. The van der Waals surface area contributed by atoms with Crippen LogP contribution in [0.2, 0.25) is 0 Å². The molecule has 0 amide bonds. The van der Waals surface area contributed by atoms with Gasteiger partial charge in [0.2, 0.25) is 0 Å². The summed E-state index contributed by atoms with van der Waals surface area (Å²) < 4.78 is 12.4. The molecule has 152 valence electrons. The molecule has 2 aliphatic heterocycles. The third-order valence-corrected chi connectivity index (χ3v) is 6.22. The average Bonchev–Trinajstić information content (AvgIpc) is 2.70. The Balaban J connectivity index is 1.63. The fraction of sp³-hybridized carbons (Fsp3) is 0.400. The van der Waals surface area contributed by atoms with Gasteiger partial charge in [0.05, 0.1) is 6.04 Å². The highest BCUT2D eigenvalue weighted by atomic mass is 16.6. The van der Waals surface area contributed by atoms with E-state index in [1.807, 2.05) is 6.92 Å². The normalized spacial score (nSPS) is 21.9. The first-order valence-electron chi connectivity index (χ1n) is 10.3. The summed E-state index contributed by atoms with van der Waals surface area (Å²) in [6.45, 7) is 13.2. The molecular weight excluding hydrogens is 362 g/mol. The molecule has 0 saturated carbocycles. The summed E-state index contributed by atoms with van der Waals surface area (Å²) in [6, 6.07) is 12.6. The zero-order chi connectivity index (χ0) is 20.7. The van der Waals surface area contributed by atoms with Gasteiger partial charge in [-0.1, -0.05) is 42.0 Å². The largest absolute Gasteiger partial charge is 0.485 e. The van der Waals surface area contributed by atoms with Gasteiger partial charge in [-0.2, -0.15) is 0 Å². The molecule has 4 heteroatoms. The molecule has 0 N–H and O–H groups in total. The lowest BCUT2D eigenvalue weighted by Crippen LogP contribution is -2.49. The van der Waals surface area contributed by atoms with Gasteiger partial charge in [0.1, 0.15) is 12.4 Å². The van der Waals surface area contributed by atoms with Gasteiger partial charge < -0.3 is 9.47 Å². The molecule has 0 aromatic heterocycles. The second-order valence-electron chi connectivity index (χ2n) is 8.42. The van der Waals surface area contributed by atoms with E-state index in [0.29, 0.717) is 19.6 Å². The van der Waals surface area contributed by atoms with Crippen molar-refractivity contribution in [3.63, 3.8) is 0 Å². The number of nitrogens with zero attached hydrogens (tertiary/aromatic N) is 1. The number of ketones is 1. The molecule has 0 bridgehead atoms. The Kier molecular flexibility index (Phi) is 5.22. The highest BCUT2D eigenvalue weighted by Gasteiger charge is 2.34. The zero-order valence-corrected chi connectivity index (χ0v) is 17.7. The van der Waals surface area contributed by atoms with E-state index in [1.165, 1.54) is 16.7 Å². The monoisotopic (exact) mass is 391 g/mol. The summed E-state index contributed by atoms with van der Waals surface area (Å²) in [5.41, 5.74) is 5.78. The van der Waals surface area contributed by atoms with Gasteiger partial charge in [0.15, 0.2) is 17.6 Å². The van der Waals surface area contributed by atoms with Crippen LogP contribution in [0.3, 0.4) is 0 Å². The second kappa shape index (κ2) is 7.68. The van der Waals surface area contributed by atoms with Gasteiger partial charge in [0.25, 0.3) is 0 Å². The fourth-order valence-corrected chi connectivity index (χ4v) is 4.18. The Hall–Kier alpha value is -2.59. The van der Waals surface area contributed by atoms with Crippen LogP contribution >= 0.6 is 0 Å². The first kappa shape index (κ1) is 19.7. The van der Waals surface area contributed by atoms with Crippen LogP contribution in [0.4, 0.5) is 0 Å². The minimum Gasteiger partial charge on any atom is -0.485 e. The Bertz CT molecular complexity index is 947. The number of Topliss-reactive ketones (excluding diaryl/α,β-unsaturated/α-hetero) is 1. The molecule has 2 heterocycles. The van der Waals surface area contributed by atoms with E-state index in [1.54, 1.807) is 6.92 Å². The van der Waals surface area contributed by atoms with Crippen LogP contribution in [0.25, 0.3) is 0 Å². The molecule has 2 aliphatic rings. The molecule has 4 rings (SSSR count). The Morgan fingerprint density at radius 2 is 1.83 bits per heavy atom. The lowest BCUT2D eigenvalue weighted by Gasteiger charge is -2.40. The number of ether oxygens (including phenoxy) is 2. The number of fused-ring (bicyclic) bond motifs is 2. The predicted octanol–water partition coefficient (Wildman–Crippen LogP) is 4.79. The van der Waals surface area contributed by atoms with Crippen molar-refractivity contribution in [1.29, 1.82) is 0 Å². The lowest BCUT2D eigenvalue weighted by atomic mass is 9.89. The summed E-state index contributed by atoms with van der Waals surface area (Å²) >= 11 is 0. The number of hydrogen-bond donors (Lipinski definition) is 0. The van der Waals surface area contributed by atoms with E-state index < -0.39 is 0 Å². The highest BCUT2D eigenvalue weighted by molar-refractivity contribution is 5.82. The van der Waals surface area contributed by atoms with Gasteiger partial charge in [-0.25, -0.2) is 0 Å². The summed E-state index contributed by atoms with van der Waals surface area (Å²) in [5.74, 6) is 1.75. The van der Waals surface area contributed by atoms with Crippen molar-refractivity contribution in [2.75, 3.05) is 6.61 Å². The van der Waals surface area contributed by atoms with Crippen molar-refractivity contribution < 1.29 is 14.3 Å². The van der Waals surface area contributed by atoms with Crippen molar-refractivity contribution in [2.45, 2.75) is 58.8 Å². The van der Waals surface area contributed by atoms with Crippen molar-refractivity contribution in [1.82, 2.24) is 4.90 Å². The maximum Gasteiger partial charge on any atom is 0.162 e. The number of benzene rings is 2. The quantitative estimate of drug-likeness (QED) is 0.703. The Labute approximate surface area is 173 Å². The minimum atomic E-state index is -0.128. The van der Waals surface area contributed by atoms with Crippen LogP contribution in [0, 0.1) is 6.92 Å². The summed E-state index contributed by atoms with van der Waals surface area (Å²) in [6.07, 6.45) is 0.584.